The van der Waals surface area contributed by atoms with Crippen LogP contribution in [0.5, 0.6) is 0 Å². The zero-order valence-electron chi connectivity index (χ0n) is 21.7. The van der Waals surface area contributed by atoms with Crippen molar-refractivity contribution in [2.45, 2.75) is 70.8 Å². The molecule has 3 aromatic rings. The van der Waals surface area contributed by atoms with Crippen LogP contribution in [0.3, 0.4) is 0 Å². The Morgan fingerprint density at radius 2 is 2.05 bits per heavy atom. The summed E-state index contributed by atoms with van der Waals surface area (Å²) in [5, 5.41) is 14.4. The van der Waals surface area contributed by atoms with Crippen molar-refractivity contribution < 1.29 is 18.6 Å². The van der Waals surface area contributed by atoms with Gasteiger partial charge >= 0.3 is 0 Å². The number of halogens is 2. The highest BCUT2D eigenvalue weighted by atomic mass is 19.1. The minimum atomic E-state index is -0.788. The molecule has 0 unspecified atom stereocenters. The molecule has 7 nitrogen and oxygen atoms in total. The summed E-state index contributed by atoms with van der Waals surface area (Å²) in [6, 6.07) is 3.50. The van der Waals surface area contributed by atoms with Crippen LogP contribution in [0.15, 0.2) is 24.5 Å². The monoisotopic (exact) mass is 511 g/mol. The Morgan fingerprint density at radius 1 is 1.22 bits per heavy atom. The van der Waals surface area contributed by atoms with E-state index in [1.54, 1.807) is 0 Å². The van der Waals surface area contributed by atoms with Crippen LogP contribution >= 0.6 is 0 Å². The van der Waals surface area contributed by atoms with Crippen molar-refractivity contribution in [3.8, 4) is 11.3 Å². The predicted octanol–water partition coefficient (Wildman–Crippen LogP) is 4.76. The summed E-state index contributed by atoms with van der Waals surface area (Å²) in [6.45, 7) is 9.00. The Kier molecular flexibility index (Phi) is 7.65. The van der Waals surface area contributed by atoms with Crippen molar-refractivity contribution in [3.63, 3.8) is 0 Å². The number of alkyl halides is 1. The number of piperidine rings is 1. The van der Waals surface area contributed by atoms with Gasteiger partial charge in [0.1, 0.15) is 11.9 Å². The molecule has 2 saturated heterocycles. The number of aryl methyl sites for hydroxylation is 1. The van der Waals surface area contributed by atoms with Crippen LogP contribution in [0.2, 0.25) is 0 Å². The van der Waals surface area contributed by atoms with Gasteiger partial charge in [-0.3, -0.25) is 9.88 Å². The van der Waals surface area contributed by atoms with Crippen molar-refractivity contribution >= 4 is 16.9 Å². The van der Waals surface area contributed by atoms with E-state index in [0.29, 0.717) is 38.1 Å². The number of ether oxygens (including phenoxy) is 1. The number of nitrogens with zero attached hydrogens (tertiary/aromatic N) is 4. The molecule has 4 heterocycles. The smallest absolute Gasteiger partial charge is 0.223 e. The quantitative estimate of drug-likeness (QED) is 0.494. The van der Waals surface area contributed by atoms with Gasteiger partial charge < -0.3 is 15.2 Å². The number of pyridine rings is 1. The maximum atomic E-state index is 15.1. The number of fused-ring (bicyclic) bond motifs is 1. The number of rotatable bonds is 6. The fourth-order valence-electron chi connectivity index (χ4n) is 5.63. The Balaban J connectivity index is 1.54. The molecular weight excluding hydrogens is 476 g/mol. The summed E-state index contributed by atoms with van der Waals surface area (Å²) < 4.78 is 34.5. The van der Waals surface area contributed by atoms with Crippen LogP contribution in [0.25, 0.3) is 22.2 Å². The molecule has 2 aliphatic rings. The summed E-state index contributed by atoms with van der Waals surface area (Å²) in [5.74, 6) is -0.0513. The standard InChI is InChI=1S/C28H35F2N5O2/c1-16(2)25-18(13-35-9-4-5-19(29)14-35)11-31-23-7-6-20(17(3)26(23)25)27-21(30)12-32-28(34-27)33-22-8-10-37-15-24(22)36/h6-7,11-12,16,19,22,24,36H,4-5,8-10,13-15H2,1-3H3,(H,32,33,34)/t19-,22-,24-/m1/s1. The zero-order valence-corrected chi connectivity index (χ0v) is 21.7. The molecule has 37 heavy (non-hydrogen) atoms. The van der Waals surface area contributed by atoms with Crippen molar-refractivity contribution in [1.82, 2.24) is 19.9 Å². The average molecular weight is 512 g/mol. The van der Waals surface area contributed by atoms with E-state index in [9.17, 15) is 9.50 Å². The van der Waals surface area contributed by atoms with Gasteiger partial charge in [-0.15, -0.1) is 0 Å². The van der Waals surface area contributed by atoms with E-state index in [4.69, 9.17) is 9.72 Å². The zero-order chi connectivity index (χ0) is 26.1. The third-order valence-electron chi connectivity index (χ3n) is 7.48. The van der Waals surface area contributed by atoms with Crippen LogP contribution in [0.4, 0.5) is 14.7 Å². The van der Waals surface area contributed by atoms with Crippen molar-refractivity contribution in [2.75, 3.05) is 31.6 Å². The van der Waals surface area contributed by atoms with Crippen LogP contribution in [0, 0.1) is 12.7 Å². The number of aliphatic hydroxyl groups excluding tert-OH is 1. The van der Waals surface area contributed by atoms with Gasteiger partial charge in [0.25, 0.3) is 0 Å². The second-order valence-electron chi connectivity index (χ2n) is 10.5. The molecule has 0 aliphatic carbocycles. The lowest BCUT2D eigenvalue weighted by Gasteiger charge is -2.30. The van der Waals surface area contributed by atoms with Gasteiger partial charge in [0.15, 0.2) is 5.82 Å². The van der Waals surface area contributed by atoms with Crippen molar-refractivity contribution in [2.24, 2.45) is 0 Å². The number of benzene rings is 1. The Hall–Kier alpha value is -2.75. The molecule has 3 atom stereocenters. The Labute approximate surface area is 216 Å². The SMILES string of the molecule is Cc1c(-c2nc(N[C@@H]3CCOC[C@H]3O)ncc2F)ccc2ncc(CN3CCC[C@@H](F)C3)c(C(C)C)c12. The fourth-order valence-corrected chi connectivity index (χ4v) is 5.63. The summed E-state index contributed by atoms with van der Waals surface area (Å²) in [5.41, 5.74) is 4.85. The van der Waals surface area contributed by atoms with Crippen LogP contribution in [0.1, 0.15) is 55.7 Å². The van der Waals surface area contributed by atoms with Gasteiger partial charge in [0, 0.05) is 36.8 Å². The molecule has 2 fully saturated rings. The first-order chi connectivity index (χ1) is 17.8. The molecule has 9 heteroatoms. The third-order valence-corrected chi connectivity index (χ3v) is 7.48. The number of aromatic nitrogens is 3. The lowest BCUT2D eigenvalue weighted by atomic mass is 9.89. The molecule has 0 saturated carbocycles. The van der Waals surface area contributed by atoms with E-state index in [0.717, 1.165) is 40.6 Å². The minimum absolute atomic E-state index is 0.197. The molecule has 0 amide bonds. The summed E-state index contributed by atoms with van der Waals surface area (Å²) >= 11 is 0. The van der Waals surface area contributed by atoms with Crippen LogP contribution in [-0.4, -0.2) is 69.6 Å². The van der Waals surface area contributed by atoms with Crippen LogP contribution < -0.4 is 5.32 Å². The molecule has 2 aromatic heterocycles. The number of hydrogen-bond acceptors (Lipinski definition) is 7. The second kappa shape index (κ2) is 10.9. The first-order valence-corrected chi connectivity index (χ1v) is 13.1. The van der Waals surface area contributed by atoms with E-state index in [2.05, 4.69) is 34.0 Å². The topological polar surface area (TPSA) is 83.4 Å². The fraction of sp³-hybridized carbons (Fsp3) is 0.536. The molecule has 0 bridgehead atoms. The largest absolute Gasteiger partial charge is 0.389 e. The van der Waals surface area contributed by atoms with Gasteiger partial charge in [0.05, 0.1) is 30.5 Å². The maximum Gasteiger partial charge on any atom is 0.223 e. The van der Waals surface area contributed by atoms with E-state index >= 15 is 4.39 Å². The third kappa shape index (κ3) is 5.44. The molecule has 0 spiro atoms. The number of aliphatic hydroxyl groups is 1. The van der Waals surface area contributed by atoms with E-state index in [1.165, 1.54) is 6.20 Å². The van der Waals surface area contributed by atoms with Crippen molar-refractivity contribution in [3.05, 3.63) is 47.0 Å². The van der Waals surface area contributed by atoms with Crippen molar-refractivity contribution in [1.29, 1.82) is 0 Å². The van der Waals surface area contributed by atoms with E-state index < -0.39 is 18.1 Å². The predicted molar refractivity (Wildman–Crippen MR) is 140 cm³/mol. The lowest BCUT2D eigenvalue weighted by molar-refractivity contribution is -0.0136. The number of anilines is 1. The van der Waals surface area contributed by atoms with Gasteiger partial charge in [-0.05, 0) is 61.4 Å². The van der Waals surface area contributed by atoms with Gasteiger partial charge in [0.2, 0.25) is 5.95 Å². The van der Waals surface area contributed by atoms with E-state index in [-0.39, 0.29) is 30.2 Å². The summed E-state index contributed by atoms with van der Waals surface area (Å²) in [7, 11) is 0. The van der Waals surface area contributed by atoms with Crippen LogP contribution in [-0.2, 0) is 11.3 Å². The Bertz CT molecular complexity index is 1270. The maximum absolute atomic E-state index is 15.1. The molecule has 2 aliphatic heterocycles. The average Bonchev–Trinajstić information content (AvgIpc) is 2.87. The normalized spacial score (nSPS) is 23.1. The first-order valence-electron chi connectivity index (χ1n) is 13.1. The number of nitrogens with one attached hydrogen (secondary N) is 1. The molecule has 0 radical (unpaired) electrons. The second-order valence-corrected chi connectivity index (χ2v) is 10.5. The van der Waals surface area contributed by atoms with Gasteiger partial charge in [-0.2, -0.15) is 0 Å². The summed E-state index contributed by atoms with van der Waals surface area (Å²) in [4.78, 5) is 15.5. The highest BCUT2D eigenvalue weighted by Crippen LogP contribution is 2.36. The summed E-state index contributed by atoms with van der Waals surface area (Å²) in [6.07, 6.45) is 3.70. The molecule has 2 N–H and O–H groups in total. The molecule has 198 valence electrons. The Morgan fingerprint density at radius 3 is 2.81 bits per heavy atom. The first kappa shape index (κ1) is 25.9. The lowest BCUT2D eigenvalue weighted by Crippen LogP contribution is -2.42. The van der Waals surface area contributed by atoms with Gasteiger partial charge in [-0.1, -0.05) is 19.9 Å². The highest BCUT2D eigenvalue weighted by Gasteiger charge is 2.26. The number of likely N-dealkylation sites (tertiary alicyclic amines) is 1. The molecular formula is C28H35F2N5O2. The highest BCUT2D eigenvalue weighted by molar-refractivity contribution is 5.92. The van der Waals surface area contributed by atoms with E-state index in [1.807, 2.05) is 25.3 Å². The minimum Gasteiger partial charge on any atom is -0.389 e. The van der Waals surface area contributed by atoms with Gasteiger partial charge in [-0.25, -0.2) is 18.7 Å². The molecule has 1 aromatic carbocycles. The number of hydrogen-bond donors (Lipinski definition) is 2. The molecule has 5 rings (SSSR count).